The first-order valence-corrected chi connectivity index (χ1v) is 12.7. The maximum Gasteiger partial charge on any atom is 0.261 e. The third-order valence-corrected chi connectivity index (χ3v) is 6.97. The van der Waals surface area contributed by atoms with Gasteiger partial charge in [0.15, 0.2) is 6.61 Å². The van der Waals surface area contributed by atoms with Crippen LogP contribution >= 0.6 is 15.9 Å². The van der Waals surface area contributed by atoms with Gasteiger partial charge in [-0.3, -0.25) is 9.59 Å². The minimum absolute atomic E-state index is 0.101. The number of rotatable bonds is 9. The van der Waals surface area contributed by atoms with Gasteiger partial charge in [0.05, 0.1) is 4.47 Å². The van der Waals surface area contributed by atoms with Gasteiger partial charge in [-0.05, 0) is 72.3 Å². The van der Waals surface area contributed by atoms with Crippen LogP contribution in [0.4, 0.5) is 0 Å². The lowest BCUT2D eigenvalue weighted by Gasteiger charge is -2.31. The summed E-state index contributed by atoms with van der Waals surface area (Å²) in [4.78, 5) is 27.9. The molecule has 1 aliphatic rings. The van der Waals surface area contributed by atoms with Crippen LogP contribution in [0.15, 0.2) is 46.9 Å². The predicted octanol–water partition coefficient (Wildman–Crippen LogP) is 5.56. The van der Waals surface area contributed by atoms with Crippen molar-refractivity contribution in [2.45, 2.75) is 77.9 Å². The van der Waals surface area contributed by atoms with E-state index < -0.39 is 6.04 Å². The van der Waals surface area contributed by atoms with E-state index in [2.05, 4.69) is 28.2 Å². The first-order valence-electron chi connectivity index (χ1n) is 11.9. The molecule has 0 aromatic heterocycles. The van der Waals surface area contributed by atoms with E-state index in [0.717, 1.165) is 47.7 Å². The first kappa shape index (κ1) is 25.3. The summed E-state index contributed by atoms with van der Waals surface area (Å²) in [6, 6.07) is 13.5. The largest absolute Gasteiger partial charge is 0.483 e. The van der Waals surface area contributed by atoms with Crippen molar-refractivity contribution in [2.24, 2.45) is 0 Å². The van der Waals surface area contributed by atoms with Gasteiger partial charge in [-0.25, -0.2) is 0 Å². The van der Waals surface area contributed by atoms with Crippen molar-refractivity contribution in [3.63, 3.8) is 0 Å². The number of carbonyl (C=O) groups excluding carboxylic acids is 2. The van der Waals surface area contributed by atoms with Gasteiger partial charge >= 0.3 is 0 Å². The van der Waals surface area contributed by atoms with Crippen LogP contribution in [0.2, 0.25) is 0 Å². The zero-order chi connectivity index (χ0) is 23.8. The van der Waals surface area contributed by atoms with Gasteiger partial charge in [-0.15, -0.1) is 0 Å². The second-order valence-electron chi connectivity index (χ2n) is 8.93. The van der Waals surface area contributed by atoms with Crippen molar-refractivity contribution in [3.8, 4) is 5.75 Å². The molecule has 1 N–H and O–H groups in total. The average molecular weight is 515 g/mol. The highest BCUT2D eigenvalue weighted by molar-refractivity contribution is 9.10. The second-order valence-corrected chi connectivity index (χ2v) is 9.79. The summed E-state index contributed by atoms with van der Waals surface area (Å²) in [6.07, 6.45) is 6.46. The third kappa shape index (κ3) is 7.32. The number of hydrogen-bond acceptors (Lipinski definition) is 3. The van der Waals surface area contributed by atoms with Crippen LogP contribution in [0.1, 0.15) is 62.6 Å². The number of amides is 2. The van der Waals surface area contributed by atoms with Gasteiger partial charge in [0.2, 0.25) is 5.91 Å². The molecule has 0 aliphatic heterocycles. The monoisotopic (exact) mass is 514 g/mol. The maximum absolute atomic E-state index is 13.3. The maximum atomic E-state index is 13.3. The SMILES string of the molecule is CCc1ccc(OCC(=O)N(Cc2ccc(C)cc2)C(C)C(=O)NC2CCCCC2)c(Br)c1. The Labute approximate surface area is 206 Å². The van der Waals surface area contributed by atoms with E-state index in [1.54, 1.807) is 11.8 Å². The molecular weight excluding hydrogens is 480 g/mol. The highest BCUT2D eigenvalue weighted by atomic mass is 79.9. The van der Waals surface area contributed by atoms with Crippen LogP contribution in [-0.2, 0) is 22.6 Å². The van der Waals surface area contributed by atoms with Crippen molar-refractivity contribution in [1.82, 2.24) is 10.2 Å². The van der Waals surface area contributed by atoms with Crippen LogP contribution in [-0.4, -0.2) is 35.4 Å². The Morgan fingerprint density at radius 1 is 1.09 bits per heavy atom. The molecule has 178 valence electrons. The fourth-order valence-electron chi connectivity index (χ4n) is 4.15. The fourth-order valence-corrected chi connectivity index (χ4v) is 4.69. The lowest BCUT2D eigenvalue weighted by atomic mass is 9.95. The molecular formula is C27H35BrN2O3. The summed E-state index contributed by atoms with van der Waals surface area (Å²) in [6.45, 7) is 6.15. The summed E-state index contributed by atoms with van der Waals surface area (Å²) < 4.78 is 6.67. The van der Waals surface area contributed by atoms with Crippen LogP contribution in [0.25, 0.3) is 0 Å². The highest BCUT2D eigenvalue weighted by Gasteiger charge is 2.28. The number of nitrogens with one attached hydrogen (secondary N) is 1. The summed E-state index contributed by atoms with van der Waals surface area (Å²) >= 11 is 3.53. The predicted molar refractivity (Wildman–Crippen MR) is 135 cm³/mol. The molecule has 0 spiro atoms. The van der Waals surface area contributed by atoms with Gasteiger partial charge in [-0.2, -0.15) is 0 Å². The van der Waals surface area contributed by atoms with Crippen LogP contribution in [0.5, 0.6) is 5.75 Å². The third-order valence-electron chi connectivity index (χ3n) is 6.35. The molecule has 1 aliphatic carbocycles. The first-order chi connectivity index (χ1) is 15.9. The Morgan fingerprint density at radius 3 is 2.39 bits per heavy atom. The van der Waals surface area contributed by atoms with Gasteiger partial charge in [0.1, 0.15) is 11.8 Å². The number of carbonyl (C=O) groups is 2. The molecule has 1 atom stereocenters. The van der Waals surface area contributed by atoms with Crippen molar-refractivity contribution in [1.29, 1.82) is 0 Å². The highest BCUT2D eigenvalue weighted by Crippen LogP contribution is 2.26. The number of ether oxygens (including phenoxy) is 1. The molecule has 0 bridgehead atoms. The van der Waals surface area contributed by atoms with E-state index in [-0.39, 0.29) is 24.5 Å². The Balaban J connectivity index is 1.71. The zero-order valence-electron chi connectivity index (χ0n) is 19.9. The molecule has 5 nitrogen and oxygen atoms in total. The van der Waals surface area contributed by atoms with Crippen molar-refractivity contribution in [3.05, 3.63) is 63.6 Å². The fraction of sp³-hybridized carbons (Fsp3) is 0.481. The number of benzene rings is 2. The Hall–Kier alpha value is -2.34. The molecule has 1 fully saturated rings. The molecule has 0 radical (unpaired) electrons. The molecule has 2 aromatic carbocycles. The molecule has 33 heavy (non-hydrogen) atoms. The number of halogens is 1. The van der Waals surface area contributed by atoms with Crippen LogP contribution in [0.3, 0.4) is 0 Å². The van der Waals surface area contributed by atoms with E-state index in [0.29, 0.717) is 12.3 Å². The molecule has 1 unspecified atom stereocenters. The quantitative estimate of drug-likeness (QED) is 0.476. The van der Waals surface area contributed by atoms with Gasteiger partial charge in [0.25, 0.3) is 5.91 Å². The van der Waals surface area contributed by atoms with Crippen molar-refractivity contribution < 1.29 is 14.3 Å². The van der Waals surface area contributed by atoms with E-state index >= 15 is 0 Å². The summed E-state index contributed by atoms with van der Waals surface area (Å²) in [5.41, 5.74) is 3.33. The average Bonchev–Trinajstić information content (AvgIpc) is 2.82. The zero-order valence-corrected chi connectivity index (χ0v) is 21.5. The molecule has 1 saturated carbocycles. The minimum atomic E-state index is -0.588. The van der Waals surface area contributed by atoms with Crippen molar-refractivity contribution in [2.75, 3.05) is 6.61 Å². The lowest BCUT2D eigenvalue weighted by Crippen LogP contribution is -2.51. The van der Waals surface area contributed by atoms with Gasteiger partial charge in [0, 0.05) is 12.6 Å². The number of aryl methyl sites for hydroxylation is 2. The Morgan fingerprint density at radius 2 is 1.76 bits per heavy atom. The van der Waals surface area contributed by atoms with E-state index in [1.165, 1.54) is 12.0 Å². The number of hydrogen-bond donors (Lipinski definition) is 1. The summed E-state index contributed by atoms with van der Waals surface area (Å²) in [5.74, 6) is 0.305. The lowest BCUT2D eigenvalue weighted by molar-refractivity contribution is -0.142. The topological polar surface area (TPSA) is 58.6 Å². The van der Waals surface area contributed by atoms with E-state index in [1.807, 2.05) is 49.4 Å². The van der Waals surface area contributed by atoms with Crippen LogP contribution in [0, 0.1) is 6.92 Å². The molecule has 0 saturated heterocycles. The smallest absolute Gasteiger partial charge is 0.261 e. The Bertz CT molecular complexity index is 939. The van der Waals surface area contributed by atoms with Crippen LogP contribution < -0.4 is 10.1 Å². The molecule has 3 rings (SSSR count). The van der Waals surface area contributed by atoms with Crippen molar-refractivity contribution >= 4 is 27.7 Å². The van der Waals surface area contributed by atoms with Gasteiger partial charge < -0.3 is 15.0 Å². The molecule has 2 aromatic rings. The molecule has 6 heteroatoms. The van der Waals surface area contributed by atoms with E-state index in [4.69, 9.17) is 4.74 Å². The summed E-state index contributed by atoms with van der Waals surface area (Å²) in [5, 5.41) is 3.16. The number of nitrogens with zero attached hydrogens (tertiary/aromatic N) is 1. The normalized spacial score (nSPS) is 15.0. The van der Waals surface area contributed by atoms with Gasteiger partial charge in [-0.1, -0.05) is 62.1 Å². The molecule has 0 heterocycles. The second kappa shape index (κ2) is 12.2. The minimum Gasteiger partial charge on any atom is -0.483 e. The Kier molecular flexibility index (Phi) is 9.36. The summed E-state index contributed by atoms with van der Waals surface area (Å²) in [7, 11) is 0. The standard InChI is InChI=1S/C27H35BrN2O3/c1-4-21-14-15-25(24(28)16-21)33-18-26(31)30(17-22-12-10-19(2)11-13-22)20(3)27(32)29-23-8-6-5-7-9-23/h10-16,20,23H,4-9,17-18H2,1-3H3,(H,29,32). The van der Waals surface area contributed by atoms with E-state index in [9.17, 15) is 9.59 Å². The molecule has 2 amide bonds.